The summed E-state index contributed by atoms with van der Waals surface area (Å²) in [6, 6.07) is 167. The van der Waals surface area contributed by atoms with E-state index in [0.29, 0.717) is 0 Å². The maximum absolute atomic E-state index is 2.46. The van der Waals surface area contributed by atoms with E-state index in [1.165, 1.54) is 256 Å². The van der Waals surface area contributed by atoms with Crippen molar-refractivity contribution in [3.05, 3.63) is 499 Å². The molecule has 9 aliphatic carbocycles. The minimum Gasteiger partial charge on any atom is -0.311 e. The molecule has 0 aliphatic heterocycles. The molecule has 6 fully saturated rings. The molecule has 0 amide bonds. The van der Waals surface area contributed by atoms with Gasteiger partial charge in [0.1, 0.15) is 0 Å². The van der Waals surface area contributed by atoms with E-state index in [4.69, 9.17) is 0 Å². The van der Waals surface area contributed by atoms with Crippen molar-refractivity contribution in [1.82, 2.24) is 0 Å². The molecular formula is C133H113N3. The van der Waals surface area contributed by atoms with Crippen LogP contribution in [-0.2, 0) is 10.8 Å². The standard InChI is InChI=1S/C50H39N.C43H37N.C40H37N/c1-2-10-34(11-3-1)35-20-24-38(25-21-35)51(39-26-22-36(23-27-39)44-31-33-18-19-37(44)30-33)40-28-29-49-45(32-40)43-14-6-9-17-48(43)50(49)46-15-7-4-12-41(46)42-13-5-8-16-47(42)50;1-3-7-32(8-4-1)34-13-15-35(16-14-34)37-19-25-41(26-20-37)44(40-23-17-36(18-24-40)33-9-5-2-6-10-33)42-27-21-38(22-28-42)43-30-31-11-12-39(43)29-31;1-40(2)38-11-7-6-10-35(38)37-26-34(22-23-39(37)40)41(32-18-14-29(15-19-32)28-8-4-3-5-9-28)33-20-16-30(17-21-33)36-25-27-12-13-31(36)24-27/h1-17,20-29,32-33,37,44H,18-19,30-31H2;1-10,13-28,31,39,43H,11-12,29-30H2;3-11,14-23,26-27,31,36H,12-13,24-25H2,1-2H3. The molecule has 9 unspecified atom stereocenters. The smallest absolute Gasteiger partial charge is 0.0725 e. The zero-order valence-corrected chi connectivity index (χ0v) is 77.7. The van der Waals surface area contributed by atoms with Crippen LogP contribution < -0.4 is 14.7 Å². The minimum absolute atomic E-state index is 0.00886. The van der Waals surface area contributed by atoms with Crippen LogP contribution in [0.3, 0.4) is 0 Å². The minimum atomic E-state index is -0.331. The summed E-state index contributed by atoms with van der Waals surface area (Å²) in [6.07, 6.45) is 17.0. The topological polar surface area (TPSA) is 9.72 Å². The second-order valence-corrected chi connectivity index (χ2v) is 40.9. The van der Waals surface area contributed by atoms with Crippen molar-refractivity contribution >= 4 is 51.2 Å². The van der Waals surface area contributed by atoms with Crippen molar-refractivity contribution in [2.45, 2.75) is 119 Å². The highest BCUT2D eigenvalue weighted by atomic mass is 15.2. The van der Waals surface area contributed by atoms with Crippen LogP contribution in [0.25, 0.3) is 89.0 Å². The predicted octanol–water partition coefficient (Wildman–Crippen LogP) is 36.2. The van der Waals surface area contributed by atoms with Gasteiger partial charge in [-0.15, -0.1) is 0 Å². The molecule has 0 radical (unpaired) electrons. The van der Waals surface area contributed by atoms with Gasteiger partial charge in [-0.3, -0.25) is 0 Å². The van der Waals surface area contributed by atoms with E-state index in [0.717, 1.165) is 64.6 Å². The average Bonchev–Trinajstić information content (AvgIpc) is 1.51. The molecule has 136 heavy (non-hydrogen) atoms. The largest absolute Gasteiger partial charge is 0.311 e. The molecule has 0 aromatic heterocycles. The molecule has 9 atom stereocenters. The predicted molar refractivity (Wildman–Crippen MR) is 569 cm³/mol. The van der Waals surface area contributed by atoms with E-state index in [2.05, 4.69) is 477 Å². The van der Waals surface area contributed by atoms with Gasteiger partial charge in [0.25, 0.3) is 0 Å². The van der Waals surface area contributed by atoms with Gasteiger partial charge in [0.2, 0.25) is 0 Å². The summed E-state index contributed by atoms with van der Waals surface area (Å²) < 4.78 is 0. The van der Waals surface area contributed by atoms with E-state index in [9.17, 15) is 0 Å². The van der Waals surface area contributed by atoms with Crippen molar-refractivity contribution in [3.63, 3.8) is 0 Å². The Morgan fingerprint density at radius 2 is 0.382 bits per heavy atom. The molecule has 3 nitrogen and oxygen atoms in total. The molecule has 3 heteroatoms. The van der Waals surface area contributed by atoms with E-state index >= 15 is 0 Å². The summed E-state index contributed by atoms with van der Waals surface area (Å²) >= 11 is 0. The number of benzene rings is 18. The first kappa shape index (κ1) is 83.2. The van der Waals surface area contributed by atoms with Crippen LogP contribution in [0.5, 0.6) is 0 Å². The highest BCUT2D eigenvalue weighted by Crippen LogP contribution is 2.65. The monoisotopic (exact) mass is 1750 g/mol. The van der Waals surface area contributed by atoms with E-state index in [1.807, 2.05) is 0 Å². The van der Waals surface area contributed by atoms with Gasteiger partial charge in [-0.05, 0) is 359 Å². The molecule has 1 spiro atoms. The summed E-state index contributed by atoms with van der Waals surface area (Å²) in [7, 11) is 0. The third-order valence-electron chi connectivity index (χ3n) is 33.2. The maximum atomic E-state index is 2.46. The van der Waals surface area contributed by atoms with Gasteiger partial charge in [-0.1, -0.05) is 373 Å². The maximum Gasteiger partial charge on any atom is 0.0725 e. The Balaban J connectivity index is 0.000000109. The first-order chi connectivity index (χ1) is 67.1. The Kier molecular flexibility index (Phi) is 21.4. The Morgan fingerprint density at radius 3 is 0.669 bits per heavy atom. The second-order valence-electron chi connectivity index (χ2n) is 40.9. The lowest BCUT2D eigenvalue weighted by Gasteiger charge is -2.31. The number of fused-ring (bicyclic) bond motifs is 19. The lowest BCUT2D eigenvalue weighted by Crippen LogP contribution is -2.25. The molecule has 0 saturated heterocycles. The lowest BCUT2D eigenvalue weighted by molar-refractivity contribution is 0.420. The van der Waals surface area contributed by atoms with Gasteiger partial charge in [0, 0.05) is 56.6 Å². The molecule has 9 aliphatic rings. The molecule has 18 aromatic rings. The van der Waals surface area contributed by atoms with Gasteiger partial charge in [0.15, 0.2) is 0 Å². The molecule has 6 bridgehead atoms. The van der Waals surface area contributed by atoms with Gasteiger partial charge >= 0.3 is 0 Å². The fraction of sp³-hybridized carbons (Fsp3) is 0.188. The van der Waals surface area contributed by atoms with Crippen LogP contribution in [0.4, 0.5) is 51.2 Å². The Labute approximate surface area is 803 Å². The Hall–Kier alpha value is -14.6. The number of anilines is 9. The number of nitrogens with zero attached hydrogens (tertiary/aromatic N) is 3. The fourth-order valence-corrected chi connectivity index (χ4v) is 26.6. The van der Waals surface area contributed by atoms with Crippen molar-refractivity contribution in [1.29, 1.82) is 0 Å². The van der Waals surface area contributed by atoms with Crippen LogP contribution in [0.2, 0.25) is 0 Å². The molecule has 18 aromatic carbocycles. The van der Waals surface area contributed by atoms with Crippen molar-refractivity contribution in [3.8, 4) is 89.0 Å². The number of hydrogen-bond acceptors (Lipinski definition) is 3. The van der Waals surface area contributed by atoms with Gasteiger partial charge < -0.3 is 14.7 Å². The van der Waals surface area contributed by atoms with Gasteiger partial charge in [-0.25, -0.2) is 0 Å². The molecule has 0 N–H and O–H groups in total. The normalized spacial score (nSPS) is 20.0. The molecule has 660 valence electrons. The van der Waals surface area contributed by atoms with E-state index in [-0.39, 0.29) is 10.8 Å². The zero-order valence-electron chi connectivity index (χ0n) is 77.7. The SMILES string of the molecule is CC1(C)c2ccccc2-c2cc(N(c3ccc(-c4ccccc4)cc3)c3ccc(C4CC5CCC4C5)cc3)ccc21.c1ccc(-c2ccc(-c3ccc(N(c4ccc(-c5ccccc5)cc4)c4ccc(C5CC6CCC5C6)cc4)cc3)cc2)cc1.c1ccc(-c2ccc(N(c3ccc(C4CC5CCC4C5)cc3)c3ccc4c(c3)-c3ccccc3C43c4ccccc4-c4ccccc43)cc2)cc1. The molecule has 27 rings (SSSR count). The first-order valence-electron chi connectivity index (χ1n) is 50.2. The number of rotatable bonds is 17. The quantitative estimate of drug-likeness (QED) is 0.0900. The van der Waals surface area contributed by atoms with Crippen molar-refractivity contribution in [2.24, 2.45) is 35.5 Å². The van der Waals surface area contributed by atoms with Crippen LogP contribution in [0, 0.1) is 35.5 Å². The molecular weight excluding hydrogens is 1640 g/mol. The number of hydrogen-bond donors (Lipinski definition) is 0. The Bertz CT molecular complexity index is 7330. The van der Waals surface area contributed by atoms with Crippen LogP contribution in [0.1, 0.15) is 159 Å². The van der Waals surface area contributed by atoms with Crippen molar-refractivity contribution in [2.75, 3.05) is 14.7 Å². The highest BCUT2D eigenvalue weighted by molar-refractivity contribution is 5.97. The molecule has 6 saturated carbocycles. The second kappa shape index (κ2) is 35.0. The summed E-state index contributed by atoms with van der Waals surface area (Å²) in [4.78, 5) is 7.29. The third-order valence-corrected chi connectivity index (χ3v) is 33.2. The first-order valence-corrected chi connectivity index (χ1v) is 50.2. The van der Waals surface area contributed by atoms with E-state index in [1.54, 1.807) is 0 Å². The Morgan fingerprint density at radius 1 is 0.176 bits per heavy atom. The van der Waals surface area contributed by atoms with Crippen LogP contribution in [-0.4, -0.2) is 0 Å². The summed E-state index contributed by atoms with van der Waals surface area (Å²) in [5, 5.41) is 0. The lowest BCUT2D eigenvalue weighted by atomic mass is 9.70. The third kappa shape index (κ3) is 15.0. The summed E-state index contributed by atoms with van der Waals surface area (Å²) in [6.45, 7) is 4.71. The van der Waals surface area contributed by atoms with E-state index < -0.39 is 0 Å². The average molecular weight is 1750 g/mol. The van der Waals surface area contributed by atoms with Crippen LogP contribution >= 0.6 is 0 Å². The van der Waals surface area contributed by atoms with Gasteiger partial charge in [0.05, 0.1) is 5.41 Å². The highest BCUT2D eigenvalue weighted by Gasteiger charge is 2.52. The fourth-order valence-electron chi connectivity index (χ4n) is 26.6. The zero-order chi connectivity index (χ0) is 90.4. The van der Waals surface area contributed by atoms with Crippen molar-refractivity contribution < 1.29 is 0 Å². The summed E-state index contributed by atoms with van der Waals surface area (Å²) in [5.41, 5.74) is 43.7. The van der Waals surface area contributed by atoms with Gasteiger partial charge in [-0.2, -0.15) is 0 Å². The molecule has 0 heterocycles. The van der Waals surface area contributed by atoms with Crippen LogP contribution in [0.15, 0.2) is 449 Å². The summed E-state index contributed by atoms with van der Waals surface area (Å²) in [5.74, 6) is 7.73.